The van der Waals surface area contributed by atoms with Crippen molar-refractivity contribution in [2.45, 2.75) is 30.7 Å². The molecule has 0 heterocycles. The number of rotatable bonds is 5. The fourth-order valence-corrected chi connectivity index (χ4v) is 3.65. The van der Waals surface area contributed by atoms with Crippen LogP contribution >= 0.6 is 0 Å². The minimum absolute atomic E-state index is 0.0475. The van der Waals surface area contributed by atoms with Gasteiger partial charge in [0, 0.05) is 11.7 Å². The Morgan fingerprint density at radius 2 is 2.20 bits per heavy atom. The van der Waals surface area contributed by atoms with Gasteiger partial charge < -0.3 is 10.5 Å². The highest BCUT2D eigenvalue weighted by Crippen LogP contribution is 2.34. The molecule has 0 aliphatic heterocycles. The van der Waals surface area contributed by atoms with Crippen LogP contribution in [0.25, 0.3) is 0 Å². The van der Waals surface area contributed by atoms with Crippen LogP contribution in [0, 0.1) is 5.92 Å². The SMILES string of the molecule is CCC1CC1NS(=O)(=O)c1ccc(N)cc1C(=O)OC. The molecule has 1 aliphatic carbocycles. The summed E-state index contributed by atoms with van der Waals surface area (Å²) in [6, 6.07) is 4.04. The average molecular weight is 298 g/mol. The number of nitrogen functional groups attached to an aromatic ring is 1. The number of ether oxygens (including phenoxy) is 1. The molecule has 110 valence electrons. The molecule has 6 nitrogen and oxygen atoms in total. The van der Waals surface area contributed by atoms with Crippen LogP contribution in [0.2, 0.25) is 0 Å². The van der Waals surface area contributed by atoms with Crippen LogP contribution in [0.1, 0.15) is 30.1 Å². The average Bonchev–Trinajstić information content (AvgIpc) is 3.14. The van der Waals surface area contributed by atoms with Crippen molar-refractivity contribution >= 4 is 21.7 Å². The van der Waals surface area contributed by atoms with E-state index in [9.17, 15) is 13.2 Å². The van der Waals surface area contributed by atoms with Gasteiger partial charge in [0.1, 0.15) is 0 Å². The van der Waals surface area contributed by atoms with Gasteiger partial charge in [-0.05, 0) is 30.5 Å². The topological polar surface area (TPSA) is 98.5 Å². The molecule has 7 heteroatoms. The summed E-state index contributed by atoms with van der Waals surface area (Å²) < 4.78 is 31.9. The van der Waals surface area contributed by atoms with Gasteiger partial charge >= 0.3 is 5.97 Å². The molecule has 2 rings (SSSR count). The number of nitrogens with one attached hydrogen (secondary N) is 1. The minimum atomic E-state index is -3.75. The number of carbonyl (C=O) groups is 1. The van der Waals surface area contributed by atoms with Crippen LogP contribution in [0.15, 0.2) is 23.1 Å². The standard InChI is InChI=1S/C13H18N2O4S/c1-3-8-6-11(8)15-20(17,18)12-5-4-9(14)7-10(12)13(16)19-2/h4-5,7-8,11,15H,3,6,14H2,1-2H3. The Bertz CT molecular complexity index is 627. The maximum absolute atomic E-state index is 12.3. The molecular weight excluding hydrogens is 280 g/mol. The number of methoxy groups -OCH3 is 1. The summed E-state index contributed by atoms with van der Waals surface area (Å²) in [4.78, 5) is 11.6. The zero-order valence-electron chi connectivity index (χ0n) is 11.4. The molecule has 0 saturated heterocycles. The van der Waals surface area contributed by atoms with Gasteiger partial charge in [-0.2, -0.15) is 0 Å². The molecule has 1 saturated carbocycles. The van der Waals surface area contributed by atoms with E-state index in [0.29, 0.717) is 11.6 Å². The summed E-state index contributed by atoms with van der Waals surface area (Å²) in [6.07, 6.45) is 1.76. The summed E-state index contributed by atoms with van der Waals surface area (Å²) in [5, 5.41) is 0. The Morgan fingerprint density at radius 1 is 1.50 bits per heavy atom. The molecule has 0 radical (unpaired) electrons. The highest BCUT2D eigenvalue weighted by Gasteiger charge is 2.39. The predicted octanol–water partition coefficient (Wildman–Crippen LogP) is 1.13. The van der Waals surface area contributed by atoms with E-state index in [-0.39, 0.29) is 16.5 Å². The molecule has 0 aromatic heterocycles. The van der Waals surface area contributed by atoms with Gasteiger partial charge in [0.25, 0.3) is 0 Å². The van der Waals surface area contributed by atoms with E-state index in [1.807, 2.05) is 6.92 Å². The van der Waals surface area contributed by atoms with Gasteiger partial charge in [-0.15, -0.1) is 0 Å². The van der Waals surface area contributed by atoms with E-state index in [4.69, 9.17) is 5.73 Å². The van der Waals surface area contributed by atoms with E-state index in [2.05, 4.69) is 9.46 Å². The third-order valence-electron chi connectivity index (χ3n) is 3.45. The first kappa shape index (κ1) is 14.8. The molecule has 0 spiro atoms. The zero-order chi connectivity index (χ0) is 14.9. The highest BCUT2D eigenvalue weighted by atomic mass is 32.2. The van der Waals surface area contributed by atoms with Crippen LogP contribution in [0.3, 0.4) is 0 Å². The summed E-state index contributed by atoms with van der Waals surface area (Å²) in [7, 11) is -2.55. The Kier molecular flexibility index (Phi) is 4.01. The van der Waals surface area contributed by atoms with E-state index in [1.165, 1.54) is 25.3 Å². The van der Waals surface area contributed by atoms with Crippen molar-refractivity contribution in [3.8, 4) is 0 Å². The number of anilines is 1. The fourth-order valence-electron chi connectivity index (χ4n) is 2.16. The third kappa shape index (κ3) is 2.94. The number of hydrogen-bond acceptors (Lipinski definition) is 5. The van der Waals surface area contributed by atoms with E-state index in [0.717, 1.165) is 12.8 Å². The number of nitrogens with two attached hydrogens (primary N) is 1. The first-order valence-electron chi connectivity index (χ1n) is 6.39. The van der Waals surface area contributed by atoms with Crippen LogP contribution in [0.4, 0.5) is 5.69 Å². The molecule has 20 heavy (non-hydrogen) atoms. The van der Waals surface area contributed by atoms with Crippen molar-refractivity contribution in [2.75, 3.05) is 12.8 Å². The van der Waals surface area contributed by atoms with Gasteiger partial charge in [-0.3, -0.25) is 0 Å². The first-order chi connectivity index (χ1) is 9.39. The molecule has 1 aliphatic rings. The number of hydrogen-bond donors (Lipinski definition) is 2. The Balaban J connectivity index is 2.34. The lowest BCUT2D eigenvalue weighted by Gasteiger charge is -2.11. The third-order valence-corrected chi connectivity index (χ3v) is 5.00. The lowest BCUT2D eigenvalue weighted by atomic mass is 10.2. The van der Waals surface area contributed by atoms with E-state index in [1.54, 1.807) is 0 Å². The number of benzene rings is 1. The molecule has 1 fully saturated rings. The Morgan fingerprint density at radius 3 is 2.75 bits per heavy atom. The van der Waals surface area contributed by atoms with Crippen molar-refractivity contribution in [2.24, 2.45) is 5.92 Å². The molecular formula is C13H18N2O4S. The van der Waals surface area contributed by atoms with Crippen molar-refractivity contribution in [3.05, 3.63) is 23.8 Å². The van der Waals surface area contributed by atoms with Gasteiger partial charge in [-0.1, -0.05) is 13.3 Å². The van der Waals surface area contributed by atoms with Crippen molar-refractivity contribution < 1.29 is 17.9 Å². The quantitative estimate of drug-likeness (QED) is 0.627. The molecule has 2 unspecified atom stereocenters. The normalized spacial score (nSPS) is 21.5. The molecule has 2 atom stereocenters. The maximum atomic E-state index is 12.3. The second-order valence-electron chi connectivity index (χ2n) is 4.88. The number of esters is 1. The second kappa shape index (κ2) is 5.41. The number of carbonyl (C=O) groups excluding carboxylic acids is 1. The van der Waals surface area contributed by atoms with Crippen molar-refractivity contribution in [1.29, 1.82) is 0 Å². The van der Waals surface area contributed by atoms with E-state index < -0.39 is 16.0 Å². The minimum Gasteiger partial charge on any atom is -0.465 e. The highest BCUT2D eigenvalue weighted by molar-refractivity contribution is 7.89. The first-order valence-corrected chi connectivity index (χ1v) is 7.87. The van der Waals surface area contributed by atoms with Crippen molar-refractivity contribution in [3.63, 3.8) is 0 Å². The maximum Gasteiger partial charge on any atom is 0.339 e. The molecule has 0 bridgehead atoms. The van der Waals surface area contributed by atoms with Crippen molar-refractivity contribution in [1.82, 2.24) is 4.72 Å². The van der Waals surface area contributed by atoms with Crippen LogP contribution in [-0.2, 0) is 14.8 Å². The fraction of sp³-hybridized carbons (Fsp3) is 0.462. The zero-order valence-corrected chi connectivity index (χ0v) is 12.2. The van der Waals surface area contributed by atoms with Crippen LogP contribution in [-0.4, -0.2) is 27.5 Å². The van der Waals surface area contributed by atoms with Crippen LogP contribution < -0.4 is 10.5 Å². The van der Waals surface area contributed by atoms with Crippen LogP contribution in [0.5, 0.6) is 0 Å². The smallest absolute Gasteiger partial charge is 0.339 e. The molecule has 0 amide bonds. The summed E-state index contributed by atoms with van der Waals surface area (Å²) in [5.41, 5.74) is 5.86. The van der Waals surface area contributed by atoms with Gasteiger partial charge in [0.15, 0.2) is 0 Å². The van der Waals surface area contributed by atoms with E-state index >= 15 is 0 Å². The predicted molar refractivity (Wildman–Crippen MR) is 74.7 cm³/mol. The summed E-state index contributed by atoms with van der Waals surface area (Å²) in [5.74, 6) is -0.347. The summed E-state index contributed by atoms with van der Waals surface area (Å²) >= 11 is 0. The lowest BCUT2D eigenvalue weighted by Crippen LogP contribution is -2.28. The monoisotopic (exact) mass is 298 g/mol. The molecule has 3 N–H and O–H groups in total. The number of sulfonamides is 1. The Hall–Kier alpha value is -1.60. The largest absolute Gasteiger partial charge is 0.465 e. The molecule has 1 aromatic rings. The van der Waals surface area contributed by atoms with Gasteiger partial charge in [0.05, 0.1) is 17.6 Å². The van der Waals surface area contributed by atoms with Gasteiger partial charge in [-0.25, -0.2) is 17.9 Å². The Labute approximate surface area is 118 Å². The summed E-state index contributed by atoms with van der Waals surface area (Å²) in [6.45, 7) is 2.02. The molecule has 1 aromatic carbocycles. The second-order valence-corrected chi connectivity index (χ2v) is 6.56. The van der Waals surface area contributed by atoms with Gasteiger partial charge in [0.2, 0.25) is 10.0 Å². The lowest BCUT2D eigenvalue weighted by molar-refractivity contribution is 0.0596.